The van der Waals surface area contributed by atoms with E-state index in [-0.39, 0.29) is 0 Å². The van der Waals surface area contributed by atoms with E-state index >= 15 is 0 Å². The molecule has 0 bridgehead atoms. The summed E-state index contributed by atoms with van der Waals surface area (Å²) in [6.07, 6.45) is 5.81. The Bertz CT molecular complexity index is 395. The second kappa shape index (κ2) is 4.88. The number of hydrogen-bond acceptors (Lipinski definition) is 1. The lowest BCUT2D eigenvalue weighted by molar-refractivity contribution is 0.0695. The Labute approximate surface area is 100 Å². The third-order valence-electron chi connectivity index (χ3n) is 3.30. The lowest BCUT2D eigenvalue weighted by Crippen LogP contribution is -2.11. The van der Waals surface area contributed by atoms with Crippen LogP contribution in [0.4, 0.5) is 0 Å². The van der Waals surface area contributed by atoms with Gasteiger partial charge in [-0.25, -0.2) is 4.79 Å². The smallest absolute Gasteiger partial charge is 0.337 e. The van der Waals surface area contributed by atoms with E-state index < -0.39 is 5.97 Å². The Morgan fingerprint density at radius 1 is 1.25 bits per heavy atom. The molecule has 0 radical (unpaired) electrons. The van der Waals surface area contributed by atoms with Gasteiger partial charge in [0.05, 0.1) is 10.6 Å². The van der Waals surface area contributed by atoms with E-state index in [0.29, 0.717) is 16.5 Å². The van der Waals surface area contributed by atoms with Crippen molar-refractivity contribution in [2.75, 3.05) is 0 Å². The Morgan fingerprint density at radius 2 is 1.94 bits per heavy atom. The van der Waals surface area contributed by atoms with Crippen LogP contribution in [0.2, 0.25) is 5.02 Å². The molecule has 0 aromatic heterocycles. The second-order valence-electron chi connectivity index (χ2n) is 4.34. The quantitative estimate of drug-likeness (QED) is 0.843. The van der Waals surface area contributed by atoms with E-state index in [1.54, 1.807) is 6.07 Å². The number of carboxylic acid groups (broad SMARTS) is 1. The Kier molecular flexibility index (Phi) is 3.49. The zero-order chi connectivity index (χ0) is 11.5. The molecule has 1 N–H and O–H groups in total. The fraction of sp³-hybridized carbons (Fsp3) is 0.462. The predicted octanol–water partition coefficient (Wildman–Crippen LogP) is 4.09. The lowest BCUT2D eigenvalue weighted by Gasteiger charge is -2.23. The largest absolute Gasteiger partial charge is 0.478 e. The number of rotatable bonds is 2. The summed E-state index contributed by atoms with van der Waals surface area (Å²) in [7, 11) is 0. The minimum absolute atomic E-state index is 0.302. The number of hydrogen-bond donors (Lipinski definition) is 1. The van der Waals surface area contributed by atoms with Gasteiger partial charge in [0, 0.05) is 0 Å². The Morgan fingerprint density at radius 3 is 2.56 bits per heavy atom. The maximum absolute atomic E-state index is 11.2. The van der Waals surface area contributed by atoms with Crippen molar-refractivity contribution in [2.24, 2.45) is 0 Å². The molecule has 0 aliphatic heterocycles. The minimum atomic E-state index is -0.911. The topological polar surface area (TPSA) is 37.3 Å². The molecule has 0 atom stereocenters. The standard InChI is InChI=1S/C13H15ClO2/c14-11-8-4-7-10(12(11)13(15)16)9-5-2-1-3-6-9/h4,7-9H,1-3,5-6H2,(H,15,16). The van der Waals surface area contributed by atoms with E-state index in [4.69, 9.17) is 11.6 Å². The van der Waals surface area contributed by atoms with Crippen LogP contribution < -0.4 is 0 Å². The molecule has 1 aliphatic carbocycles. The molecule has 0 unspecified atom stereocenters. The van der Waals surface area contributed by atoms with Gasteiger partial charge in [-0.3, -0.25) is 0 Å². The van der Waals surface area contributed by atoms with E-state index in [0.717, 1.165) is 18.4 Å². The van der Waals surface area contributed by atoms with Crippen molar-refractivity contribution >= 4 is 17.6 Å². The van der Waals surface area contributed by atoms with Crippen molar-refractivity contribution in [3.05, 3.63) is 34.3 Å². The molecular formula is C13H15ClO2. The first kappa shape index (κ1) is 11.5. The van der Waals surface area contributed by atoms with Gasteiger partial charge in [0.1, 0.15) is 0 Å². The number of halogens is 1. The van der Waals surface area contributed by atoms with Crippen molar-refractivity contribution in [3.63, 3.8) is 0 Å². The van der Waals surface area contributed by atoms with Crippen LogP contribution in [-0.2, 0) is 0 Å². The average molecular weight is 239 g/mol. The number of aromatic carboxylic acids is 1. The van der Waals surface area contributed by atoms with Gasteiger partial charge in [-0.05, 0) is 30.4 Å². The van der Waals surface area contributed by atoms with Crippen molar-refractivity contribution in [1.29, 1.82) is 0 Å². The first-order valence-corrected chi connectivity index (χ1v) is 6.09. The van der Waals surface area contributed by atoms with Crippen LogP contribution in [0.5, 0.6) is 0 Å². The van der Waals surface area contributed by atoms with Crippen molar-refractivity contribution in [1.82, 2.24) is 0 Å². The third kappa shape index (κ3) is 2.22. The average Bonchev–Trinajstić information content (AvgIpc) is 2.29. The first-order valence-electron chi connectivity index (χ1n) is 5.72. The predicted molar refractivity (Wildman–Crippen MR) is 64.2 cm³/mol. The van der Waals surface area contributed by atoms with Gasteiger partial charge in [0.25, 0.3) is 0 Å². The molecule has 0 amide bonds. The summed E-state index contributed by atoms with van der Waals surface area (Å²) in [5.74, 6) is -0.537. The molecule has 3 heteroatoms. The maximum Gasteiger partial charge on any atom is 0.337 e. The zero-order valence-corrected chi connectivity index (χ0v) is 9.83. The van der Waals surface area contributed by atoms with E-state index in [1.807, 2.05) is 12.1 Å². The van der Waals surface area contributed by atoms with Crippen LogP contribution in [0, 0.1) is 0 Å². The van der Waals surface area contributed by atoms with Crippen LogP contribution in [0.1, 0.15) is 53.9 Å². The molecular weight excluding hydrogens is 224 g/mol. The zero-order valence-electron chi connectivity index (χ0n) is 9.08. The van der Waals surface area contributed by atoms with Gasteiger partial charge < -0.3 is 5.11 Å². The third-order valence-corrected chi connectivity index (χ3v) is 3.62. The summed E-state index contributed by atoms with van der Waals surface area (Å²) in [5.41, 5.74) is 1.22. The highest BCUT2D eigenvalue weighted by Gasteiger charge is 2.22. The van der Waals surface area contributed by atoms with Crippen LogP contribution >= 0.6 is 11.6 Å². The summed E-state index contributed by atoms with van der Waals surface area (Å²) in [5, 5.41) is 9.55. The fourth-order valence-electron chi connectivity index (χ4n) is 2.52. The highest BCUT2D eigenvalue weighted by Crippen LogP contribution is 2.36. The van der Waals surface area contributed by atoms with E-state index in [9.17, 15) is 9.90 Å². The SMILES string of the molecule is O=C(O)c1c(Cl)cccc1C1CCCCC1. The molecule has 1 aromatic rings. The van der Waals surface area contributed by atoms with Crippen LogP contribution in [0.15, 0.2) is 18.2 Å². The summed E-state index contributed by atoms with van der Waals surface area (Å²) in [6, 6.07) is 5.40. The molecule has 2 rings (SSSR count). The van der Waals surface area contributed by atoms with Crippen molar-refractivity contribution < 1.29 is 9.90 Å². The van der Waals surface area contributed by atoms with Crippen LogP contribution in [0.25, 0.3) is 0 Å². The maximum atomic E-state index is 11.2. The Hall–Kier alpha value is -1.02. The first-order chi connectivity index (χ1) is 7.70. The number of benzene rings is 1. The molecule has 1 aromatic carbocycles. The molecule has 86 valence electrons. The molecule has 16 heavy (non-hydrogen) atoms. The molecule has 1 fully saturated rings. The molecule has 2 nitrogen and oxygen atoms in total. The van der Waals surface area contributed by atoms with Gasteiger partial charge in [0.15, 0.2) is 0 Å². The molecule has 0 heterocycles. The van der Waals surface area contributed by atoms with Gasteiger partial charge in [0.2, 0.25) is 0 Å². The lowest BCUT2D eigenvalue weighted by atomic mass is 9.82. The summed E-state index contributed by atoms with van der Waals surface area (Å²) >= 11 is 5.96. The summed E-state index contributed by atoms with van der Waals surface area (Å²) < 4.78 is 0. The van der Waals surface area contributed by atoms with Gasteiger partial charge >= 0.3 is 5.97 Å². The van der Waals surface area contributed by atoms with Crippen molar-refractivity contribution in [3.8, 4) is 0 Å². The van der Waals surface area contributed by atoms with Crippen molar-refractivity contribution in [2.45, 2.75) is 38.0 Å². The van der Waals surface area contributed by atoms with Crippen LogP contribution in [-0.4, -0.2) is 11.1 Å². The highest BCUT2D eigenvalue weighted by molar-refractivity contribution is 6.33. The van der Waals surface area contributed by atoms with Gasteiger partial charge in [-0.15, -0.1) is 0 Å². The van der Waals surface area contributed by atoms with Gasteiger partial charge in [-0.1, -0.05) is 43.0 Å². The number of carbonyl (C=O) groups is 1. The van der Waals surface area contributed by atoms with Gasteiger partial charge in [-0.2, -0.15) is 0 Å². The van der Waals surface area contributed by atoms with E-state index in [2.05, 4.69) is 0 Å². The second-order valence-corrected chi connectivity index (χ2v) is 4.75. The fourth-order valence-corrected chi connectivity index (χ4v) is 2.78. The molecule has 1 aliphatic rings. The summed E-state index contributed by atoms with van der Waals surface area (Å²) in [6.45, 7) is 0. The summed E-state index contributed by atoms with van der Waals surface area (Å²) in [4.78, 5) is 11.2. The minimum Gasteiger partial charge on any atom is -0.478 e. The van der Waals surface area contributed by atoms with Crippen LogP contribution in [0.3, 0.4) is 0 Å². The number of carboxylic acids is 1. The highest BCUT2D eigenvalue weighted by atomic mass is 35.5. The monoisotopic (exact) mass is 238 g/mol. The Balaban J connectivity index is 2.38. The van der Waals surface area contributed by atoms with E-state index in [1.165, 1.54) is 19.3 Å². The molecule has 1 saturated carbocycles. The molecule has 0 saturated heterocycles. The normalized spacial score (nSPS) is 17.3. The molecule has 0 spiro atoms.